The predicted octanol–water partition coefficient (Wildman–Crippen LogP) is 5.22. The summed E-state index contributed by atoms with van der Waals surface area (Å²) in [6.07, 6.45) is 2.64. The third kappa shape index (κ3) is 4.83. The molecular formula is C24H21FN2O5S. The lowest BCUT2D eigenvalue weighted by Crippen LogP contribution is -2.09. The average Bonchev–Trinajstić information content (AvgIpc) is 2.79. The van der Waals surface area contributed by atoms with Crippen LogP contribution < -0.4 is 18.9 Å². The van der Waals surface area contributed by atoms with Crippen LogP contribution in [0.1, 0.15) is 0 Å². The fourth-order valence-electron chi connectivity index (χ4n) is 3.42. The number of para-hydroxylation sites is 1. The third-order valence-electron chi connectivity index (χ3n) is 4.89. The van der Waals surface area contributed by atoms with E-state index in [0.29, 0.717) is 45.0 Å². The summed E-state index contributed by atoms with van der Waals surface area (Å²) in [5, 5.41) is 0.622. The quantitative estimate of drug-likeness (QED) is 0.400. The number of methoxy groups -OCH3 is 2. The molecule has 4 aromatic rings. The van der Waals surface area contributed by atoms with Crippen molar-refractivity contribution in [2.24, 2.45) is 0 Å². The van der Waals surface area contributed by atoms with Crippen LogP contribution in [0.3, 0.4) is 0 Å². The van der Waals surface area contributed by atoms with Crippen molar-refractivity contribution >= 4 is 26.6 Å². The highest BCUT2D eigenvalue weighted by Crippen LogP contribution is 2.40. The number of aromatic nitrogens is 1. The molecule has 0 aliphatic heterocycles. The standard InChI is InChI=1S/C24H21FN2O5S/c1-30-22-13-18-20(14-23(22)31-2)26-12-11-21(18)32-24-17(5-4-6-19(24)25)15-7-9-16(10-8-15)27-33(3,28)29/h4-14,27H,1-3H3. The Bertz CT molecular complexity index is 1420. The van der Waals surface area contributed by atoms with E-state index in [1.165, 1.54) is 20.3 Å². The maximum atomic E-state index is 14.9. The molecule has 9 heteroatoms. The molecule has 0 unspecified atom stereocenters. The summed E-state index contributed by atoms with van der Waals surface area (Å²) in [5.74, 6) is 0.886. The molecule has 7 nitrogen and oxygen atoms in total. The monoisotopic (exact) mass is 468 g/mol. The number of fused-ring (bicyclic) bond motifs is 1. The normalized spacial score (nSPS) is 11.3. The Hall–Kier alpha value is -3.85. The number of benzene rings is 3. The average molecular weight is 469 g/mol. The van der Waals surface area contributed by atoms with Crippen molar-refractivity contribution in [3.05, 3.63) is 72.7 Å². The first-order chi connectivity index (χ1) is 15.8. The number of anilines is 1. The van der Waals surface area contributed by atoms with Gasteiger partial charge in [-0.05, 0) is 35.9 Å². The Balaban J connectivity index is 1.77. The fraction of sp³-hybridized carbons (Fsp3) is 0.125. The van der Waals surface area contributed by atoms with Gasteiger partial charge < -0.3 is 14.2 Å². The number of hydrogen-bond acceptors (Lipinski definition) is 6. The number of nitrogens with zero attached hydrogens (tertiary/aromatic N) is 1. The molecule has 4 rings (SSSR count). The maximum absolute atomic E-state index is 14.9. The zero-order valence-electron chi connectivity index (χ0n) is 18.1. The minimum Gasteiger partial charge on any atom is -0.493 e. The lowest BCUT2D eigenvalue weighted by atomic mass is 10.0. The van der Waals surface area contributed by atoms with Crippen LogP contribution in [0.4, 0.5) is 10.1 Å². The summed E-state index contributed by atoms with van der Waals surface area (Å²) >= 11 is 0. The van der Waals surface area contributed by atoms with Crippen molar-refractivity contribution in [1.29, 1.82) is 0 Å². The van der Waals surface area contributed by atoms with E-state index in [1.54, 1.807) is 60.8 Å². The van der Waals surface area contributed by atoms with Gasteiger partial charge in [0, 0.05) is 28.9 Å². The van der Waals surface area contributed by atoms with Crippen LogP contribution in [0.5, 0.6) is 23.0 Å². The molecule has 3 aromatic carbocycles. The van der Waals surface area contributed by atoms with Gasteiger partial charge in [-0.25, -0.2) is 12.8 Å². The molecule has 0 bridgehead atoms. The Labute approximate surface area is 190 Å². The van der Waals surface area contributed by atoms with Gasteiger partial charge in [0.05, 0.1) is 26.0 Å². The van der Waals surface area contributed by atoms with E-state index in [-0.39, 0.29) is 5.75 Å². The van der Waals surface area contributed by atoms with Crippen molar-refractivity contribution < 1.29 is 27.0 Å². The summed E-state index contributed by atoms with van der Waals surface area (Å²) < 4.78 is 57.0. The predicted molar refractivity (Wildman–Crippen MR) is 125 cm³/mol. The molecule has 170 valence electrons. The molecule has 1 heterocycles. The molecule has 0 aliphatic rings. The zero-order chi connectivity index (χ0) is 23.6. The second-order valence-electron chi connectivity index (χ2n) is 7.20. The topological polar surface area (TPSA) is 86.8 Å². The SMILES string of the molecule is COc1cc2nccc(Oc3c(F)cccc3-c3ccc(NS(C)(=O)=O)cc3)c2cc1OC. The lowest BCUT2D eigenvalue weighted by molar-refractivity contribution is 0.355. The molecule has 0 saturated carbocycles. The second-order valence-corrected chi connectivity index (χ2v) is 8.95. The molecule has 0 radical (unpaired) electrons. The van der Waals surface area contributed by atoms with Crippen LogP contribution in [0.2, 0.25) is 0 Å². The van der Waals surface area contributed by atoms with E-state index in [1.807, 2.05) is 0 Å². The van der Waals surface area contributed by atoms with Crippen molar-refractivity contribution in [3.8, 4) is 34.1 Å². The number of rotatable bonds is 7. The van der Waals surface area contributed by atoms with Crippen LogP contribution in [-0.2, 0) is 10.0 Å². The largest absolute Gasteiger partial charge is 0.493 e. The Kier molecular flexibility index (Phi) is 6.06. The number of nitrogens with one attached hydrogen (secondary N) is 1. The summed E-state index contributed by atoms with van der Waals surface area (Å²) in [7, 11) is -0.342. The van der Waals surface area contributed by atoms with Gasteiger partial charge in [-0.3, -0.25) is 9.71 Å². The molecule has 0 aliphatic carbocycles. The van der Waals surface area contributed by atoms with Gasteiger partial charge in [-0.15, -0.1) is 0 Å². The van der Waals surface area contributed by atoms with Gasteiger partial charge in [0.2, 0.25) is 10.0 Å². The number of pyridine rings is 1. The van der Waals surface area contributed by atoms with Crippen molar-refractivity contribution in [2.75, 3.05) is 25.2 Å². The number of sulfonamides is 1. The van der Waals surface area contributed by atoms with Crippen molar-refractivity contribution in [2.45, 2.75) is 0 Å². The van der Waals surface area contributed by atoms with Crippen molar-refractivity contribution in [1.82, 2.24) is 4.98 Å². The van der Waals surface area contributed by atoms with Gasteiger partial charge in [0.15, 0.2) is 23.1 Å². The molecule has 0 atom stereocenters. The van der Waals surface area contributed by atoms with E-state index in [0.717, 1.165) is 6.26 Å². The highest BCUT2D eigenvalue weighted by atomic mass is 32.2. The number of ether oxygens (including phenoxy) is 3. The summed E-state index contributed by atoms with van der Waals surface area (Å²) in [6.45, 7) is 0. The van der Waals surface area contributed by atoms with Crippen LogP contribution in [0.25, 0.3) is 22.0 Å². The third-order valence-corrected chi connectivity index (χ3v) is 5.49. The lowest BCUT2D eigenvalue weighted by Gasteiger charge is -2.15. The zero-order valence-corrected chi connectivity index (χ0v) is 18.9. The fourth-order valence-corrected chi connectivity index (χ4v) is 3.98. The molecule has 0 amide bonds. The molecule has 0 saturated heterocycles. The first-order valence-electron chi connectivity index (χ1n) is 9.84. The Morgan fingerprint density at radius 2 is 1.61 bits per heavy atom. The molecule has 0 fully saturated rings. The van der Waals surface area contributed by atoms with E-state index < -0.39 is 15.8 Å². The van der Waals surface area contributed by atoms with Gasteiger partial charge in [-0.1, -0.05) is 24.3 Å². The van der Waals surface area contributed by atoms with Crippen LogP contribution in [-0.4, -0.2) is 33.9 Å². The minimum absolute atomic E-state index is 0.0311. The summed E-state index contributed by atoms with van der Waals surface area (Å²) in [5.41, 5.74) is 2.16. The smallest absolute Gasteiger partial charge is 0.229 e. The van der Waals surface area contributed by atoms with Crippen LogP contribution in [0, 0.1) is 5.82 Å². The van der Waals surface area contributed by atoms with Gasteiger partial charge >= 0.3 is 0 Å². The molecule has 0 spiro atoms. The van der Waals surface area contributed by atoms with Crippen molar-refractivity contribution in [3.63, 3.8) is 0 Å². The Morgan fingerprint density at radius 3 is 2.27 bits per heavy atom. The van der Waals surface area contributed by atoms with Crippen LogP contribution in [0.15, 0.2) is 66.9 Å². The van der Waals surface area contributed by atoms with Gasteiger partial charge in [0.25, 0.3) is 0 Å². The molecule has 1 aromatic heterocycles. The van der Waals surface area contributed by atoms with E-state index in [4.69, 9.17) is 14.2 Å². The second kappa shape index (κ2) is 8.95. The number of hydrogen-bond donors (Lipinski definition) is 1. The van der Waals surface area contributed by atoms with E-state index in [9.17, 15) is 12.8 Å². The molecule has 33 heavy (non-hydrogen) atoms. The summed E-state index contributed by atoms with van der Waals surface area (Å²) in [6, 6.07) is 16.3. The highest BCUT2D eigenvalue weighted by molar-refractivity contribution is 7.92. The molecular weight excluding hydrogens is 447 g/mol. The number of halogens is 1. The van der Waals surface area contributed by atoms with E-state index in [2.05, 4.69) is 9.71 Å². The van der Waals surface area contributed by atoms with Gasteiger partial charge in [-0.2, -0.15) is 0 Å². The van der Waals surface area contributed by atoms with Crippen LogP contribution >= 0.6 is 0 Å². The molecule has 1 N–H and O–H groups in total. The van der Waals surface area contributed by atoms with E-state index >= 15 is 0 Å². The minimum atomic E-state index is -3.40. The summed E-state index contributed by atoms with van der Waals surface area (Å²) in [4.78, 5) is 4.34. The first kappa shape index (κ1) is 22.3. The first-order valence-corrected chi connectivity index (χ1v) is 11.7. The van der Waals surface area contributed by atoms with Gasteiger partial charge in [0.1, 0.15) is 5.75 Å². The maximum Gasteiger partial charge on any atom is 0.229 e. The highest BCUT2D eigenvalue weighted by Gasteiger charge is 2.16. The Morgan fingerprint density at radius 1 is 0.909 bits per heavy atom.